The third kappa shape index (κ3) is 4.44. The van der Waals surface area contributed by atoms with Gasteiger partial charge in [0, 0.05) is 12.3 Å². The highest BCUT2D eigenvalue weighted by Gasteiger charge is 2.27. The number of aliphatic hydroxyl groups is 1. The van der Waals surface area contributed by atoms with Gasteiger partial charge in [-0.3, -0.25) is 4.79 Å². The minimum atomic E-state index is -1.26. The highest BCUT2D eigenvalue weighted by atomic mass is 35.5. The van der Waals surface area contributed by atoms with Gasteiger partial charge in [-0.25, -0.2) is 4.98 Å². The summed E-state index contributed by atoms with van der Waals surface area (Å²) < 4.78 is 5.38. The number of rotatable bonds is 5. The first kappa shape index (κ1) is 16.3. The van der Waals surface area contributed by atoms with E-state index in [0.717, 1.165) is 5.56 Å². The smallest absolute Gasteiger partial charge is 0.244 e. The van der Waals surface area contributed by atoms with Crippen molar-refractivity contribution in [2.45, 2.75) is 19.4 Å². The van der Waals surface area contributed by atoms with Crippen LogP contribution >= 0.6 is 11.6 Å². The molecule has 0 spiro atoms. The summed E-state index contributed by atoms with van der Waals surface area (Å²) in [6, 6.07) is 6.85. The average molecular weight is 321 g/mol. The minimum Gasteiger partial charge on any atom is -0.463 e. The van der Waals surface area contributed by atoms with E-state index in [9.17, 15) is 9.90 Å². The Hall–Kier alpha value is -2.11. The zero-order valence-corrected chi connectivity index (χ0v) is 13.1. The van der Waals surface area contributed by atoms with E-state index >= 15 is 0 Å². The number of nitrogens with zero attached hydrogens (tertiary/aromatic N) is 1. The van der Waals surface area contributed by atoms with Crippen LogP contribution in [0, 0.1) is 6.92 Å². The fourth-order valence-corrected chi connectivity index (χ4v) is 1.90. The van der Waals surface area contributed by atoms with Crippen molar-refractivity contribution in [3.05, 3.63) is 58.8 Å². The van der Waals surface area contributed by atoms with Gasteiger partial charge in [0.1, 0.15) is 22.3 Å². The number of carbonyl (C=O) groups is 1. The molecule has 2 heterocycles. The predicted octanol–water partition coefficient (Wildman–Crippen LogP) is 2.67. The number of pyridine rings is 1. The van der Waals surface area contributed by atoms with E-state index in [4.69, 9.17) is 16.0 Å². The molecular weight excluding hydrogens is 304 g/mol. The van der Waals surface area contributed by atoms with Gasteiger partial charge in [-0.15, -0.1) is 0 Å². The summed E-state index contributed by atoms with van der Waals surface area (Å²) in [5.41, 5.74) is -0.507. The van der Waals surface area contributed by atoms with Gasteiger partial charge in [0.25, 0.3) is 0 Å². The van der Waals surface area contributed by atoms with E-state index in [0.29, 0.717) is 16.7 Å². The second-order valence-electron chi connectivity index (χ2n) is 5.15. The van der Waals surface area contributed by atoms with Gasteiger partial charge in [0.15, 0.2) is 0 Å². The first-order valence-corrected chi connectivity index (χ1v) is 7.11. The van der Waals surface area contributed by atoms with Gasteiger partial charge in [-0.05, 0) is 43.7 Å². The van der Waals surface area contributed by atoms with Crippen LogP contribution < -0.4 is 5.32 Å². The molecule has 1 atom stereocenters. The number of amides is 1. The van der Waals surface area contributed by atoms with Crippen molar-refractivity contribution in [1.29, 1.82) is 0 Å². The van der Waals surface area contributed by atoms with Crippen LogP contribution in [-0.2, 0) is 10.4 Å². The van der Waals surface area contributed by atoms with Crippen molar-refractivity contribution in [1.82, 2.24) is 10.3 Å². The van der Waals surface area contributed by atoms with Gasteiger partial charge in [0.05, 0.1) is 6.54 Å². The summed E-state index contributed by atoms with van der Waals surface area (Å²) in [5.74, 6) is 0.798. The van der Waals surface area contributed by atoms with E-state index in [1.807, 2.05) is 0 Å². The molecule has 1 amide bonds. The van der Waals surface area contributed by atoms with Gasteiger partial charge in [-0.2, -0.15) is 0 Å². The molecule has 2 N–H and O–H groups in total. The molecule has 0 aliphatic carbocycles. The lowest BCUT2D eigenvalue weighted by Crippen LogP contribution is -2.37. The maximum Gasteiger partial charge on any atom is 0.244 e. The lowest BCUT2D eigenvalue weighted by molar-refractivity contribution is -0.117. The first-order valence-electron chi connectivity index (χ1n) is 6.73. The zero-order chi connectivity index (χ0) is 16.2. The molecule has 0 aromatic carbocycles. The highest BCUT2D eigenvalue weighted by molar-refractivity contribution is 6.29. The first-order chi connectivity index (χ1) is 10.4. The van der Waals surface area contributed by atoms with Gasteiger partial charge in [0.2, 0.25) is 5.91 Å². The number of aryl methyl sites for hydroxylation is 1. The molecule has 116 valence electrons. The molecule has 1 unspecified atom stereocenters. The average Bonchev–Trinajstić information content (AvgIpc) is 2.92. The predicted molar refractivity (Wildman–Crippen MR) is 84.3 cm³/mol. The summed E-state index contributed by atoms with van der Waals surface area (Å²) in [7, 11) is 0. The van der Waals surface area contributed by atoms with Crippen molar-refractivity contribution < 1.29 is 14.3 Å². The van der Waals surface area contributed by atoms with Crippen LogP contribution in [0.5, 0.6) is 0 Å². The van der Waals surface area contributed by atoms with Crippen LogP contribution in [0.3, 0.4) is 0 Å². The number of furan rings is 1. The molecule has 2 aromatic rings. The van der Waals surface area contributed by atoms with Crippen LogP contribution in [0.1, 0.15) is 24.0 Å². The van der Waals surface area contributed by atoms with Gasteiger partial charge in [-0.1, -0.05) is 17.7 Å². The molecule has 0 radical (unpaired) electrons. The summed E-state index contributed by atoms with van der Waals surface area (Å²) in [5, 5.41) is 13.3. The van der Waals surface area contributed by atoms with Crippen LogP contribution in [0.2, 0.25) is 5.15 Å². The van der Waals surface area contributed by atoms with Crippen molar-refractivity contribution in [3.8, 4) is 0 Å². The number of nitrogens with one attached hydrogen (secondary N) is 1. The highest BCUT2D eigenvalue weighted by Crippen LogP contribution is 2.21. The van der Waals surface area contributed by atoms with Crippen LogP contribution in [0.4, 0.5) is 0 Å². The summed E-state index contributed by atoms with van der Waals surface area (Å²) in [6.45, 7) is 3.42. The molecule has 2 rings (SSSR count). The molecular formula is C16H17ClN2O3. The van der Waals surface area contributed by atoms with E-state index in [1.165, 1.54) is 6.08 Å². The molecule has 2 aromatic heterocycles. The van der Waals surface area contributed by atoms with E-state index < -0.39 is 5.60 Å². The summed E-state index contributed by atoms with van der Waals surface area (Å²) in [4.78, 5) is 15.7. The molecule has 22 heavy (non-hydrogen) atoms. The fourth-order valence-electron chi connectivity index (χ4n) is 1.79. The lowest BCUT2D eigenvalue weighted by atomic mass is 10.0. The largest absolute Gasteiger partial charge is 0.463 e. The number of hydrogen-bond acceptors (Lipinski definition) is 4. The maximum atomic E-state index is 11.8. The normalized spacial score (nSPS) is 14.0. The molecule has 0 bridgehead atoms. The number of carbonyl (C=O) groups excluding carboxylic acids is 1. The Kier molecular flexibility index (Phi) is 5.00. The van der Waals surface area contributed by atoms with E-state index in [1.54, 1.807) is 50.4 Å². The quantitative estimate of drug-likeness (QED) is 0.656. The van der Waals surface area contributed by atoms with E-state index in [2.05, 4.69) is 10.3 Å². The number of halogens is 1. The third-order valence-corrected chi connectivity index (χ3v) is 3.28. The Morgan fingerprint density at radius 3 is 2.82 bits per heavy atom. The maximum absolute atomic E-state index is 11.8. The second-order valence-corrected chi connectivity index (χ2v) is 5.54. The Balaban J connectivity index is 1.91. The van der Waals surface area contributed by atoms with Crippen LogP contribution in [0.25, 0.3) is 6.08 Å². The van der Waals surface area contributed by atoms with Gasteiger partial charge < -0.3 is 14.8 Å². The monoisotopic (exact) mass is 320 g/mol. The molecule has 0 saturated carbocycles. The second kappa shape index (κ2) is 6.77. The number of hydrogen-bond donors (Lipinski definition) is 2. The third-order valence-electron chi connectivity index (χ3n) is 3.06. The summed E-state index contributed by atoms with van der Waals surface area (Å²) >= 11 is 5.68. The Labute approximate surface area is 133 Å². The van der Waals surface area contributed by atoms with Crippen molar-refractivity contribution in [2.75, 3.05) is 6.54 Å². The number of aromatic nitrogens is 1. The van der Waals surface area contributed by atoms with Crippen LogP contribution in [-0.4, -0.2) is 22.5 Å². The van der Waals surface area contributed by atoms with Crippen molar-refractivity contribution in [3.63, 3.8) is 0 Å². The Morgan fingerprint density at radius 1 is 1.45 bits per heavy atom. The fraction of sp³-hybridized carbons (Fsp3) is 0.250. The molecule has 5 nitrogen and oxygen atoms in total. The lowest BCUT2D eigenvalue weighted by Gasteiger charge is -2.20. The van der Waals surface area contributed by atoms with E-state index in [-0.39, 0.29) is 12.5 Å². The topological polar surface area (TPSA) is 75.4 Å². The Bertz CT molecular complexity index is 675. The zero-order valence-electron chi connectivity index (χ0n) is 12.3. The van der Waals surface area contributed by atoms with Crippen LogP contribution in [0.15, 0.2) is 41.0 Å². The molecule has 0 saturated heterocycles. The Morgan fingerprint density at radius 2 is 2.23 bits per heavy atom. The molecule has 6 heteroatoms. The summed E-state index contributed by atoms with van der Waals surface area (Å²) in [6.07, 6.45) is 4.55. The standard InChI is InChI=1S/C16H17ClN2O3/c1-11-3-6-13(22-11)16(2,21)10-19-15(20)8-5-12-4-7-14(17)18-9-12/h3-9,21H,10H2,1-2H3,(H,19,20)/b8-5+. The molecule has 0 aliphatic rings. The molecule has 0 fully saturated rings. The minimum absolute atomic E-state index is 0.0436. The SMILES string of the molecule is Cc1ccc(C(C)(O)CNC(=O)/C=C/c2ccc(Cl)nc2)o1. The van der Waals surface area contributed by atoms with Crippen molar-refractivity contribution >= 4 is 23.6 Å². The van der Waals surface area contributed by atoms with Gasteiger partial charge >= 0.3 is 0 Å². The molecule has 0 aliphatic heterocycles. The van der Waals surface area contributed by atoms with Crippen molar-refractivity contribution in [2.24, 2.45) is 0 Å².